The molecule has 0 aliphatic carbocycles. The van der Waals surface area contributed by atoms with Gasteiger partial charge in [-0.15, -0.1) is 0 Å². The maximum absolute atomic E-state index is 12.5. The normalized spacial score (nSPS) is 10.8. The predicted molar refractivity (Wildman–Crippen MR) is 86.2 cm³/mol. The molecule has 0 amide bonds. The molecule has 2 heterocycles. The molecule has 0 bridgehead atoms. The van der Waals surface area contributed by atoms with Gasteiger partial charge in [0.25, 0.3) is 5.56 Å². The fraction of sp³-hybridized carbons (Fsp3) is 0.0625. The number of nitrogens with zero attached hydrogens (tertiary/aromatic N) is 2. The van der Waals surface area contributed by atoms with E-state index in [1.165, 1.54) is 10.6 Å². The van der Waals surface area contributed by atoms with E-state index >= 15 is 0 Å². The summed E-state index contributed by atoms with van der Waals surface area (Å²) >= 11 is 3.26. The first-order valence-corrected chi connectivity index (χ1v) is 7.32. The first-order valence-electron chi connectivity index (χ1n) is 6.52. The van der Waals surface area contributed by atoms with Crippen molar-refractivity contribution in [2.45, 2.75) is 6.54 Å². The number of fused-ring (bicyclic) bond motifs is 1. The van der Waals surface area contributed by atoms with Gasteiger partial charge in [-0.2, -0.15) is 0 Å². The van der Waals surface area contributed by atoms with Crippen LogP contribution < -0.4 is 5.56 Å². The second kappa shape index (κ2) is 5.73. The van der Waals surface area contributed by atoms with Crippen molar-refractivity contribution >= 4 is 32.8 Å². The Kier molecular flexibility index (Phi) is 3.77. The van der Waals surface area contributed by atoms with Crippen molar-refractivity contribution in [2.24, 2.45) is 0 Å². The highest BCUT2D eigenvalue weighted by Gasteiger charge is 2.07. The smallest absolute Gasteiger partial charge is 0.335 e. The molecule has 0 spiro atoms. The average Bonchev–Trinajstić information content (AvgIpc) is 2.51. The van der Waals surface area contributed by atoms with Crippen LogP contribution in [0.3, 0.4) is 0 Å². The summed E-state index contributed by atoms with van der Waals surface area (Å²) in [4.78, 5) is 27.7. The van der Waals surface area contributed by atoms with Crippen LogP contribution in [0.4, 0.5) is 0 Å². The Morgan fingerprint density at radius 3 is 2.82 bits per heavy atom. The molecule has 0 aliphatic heterocycles. The van der Waals surface area contributed by atoms with Crippen LogP contribution in [-0.2, 0) is 6.54 Å². The Bertz CT molecular complexity index is 934. The van der Waals surface area contributed by atoms with Gasteiger partial charge in [0.15, 0.2) is 0 Å². The number of aromatic carboxylic acids is 1. The lowest BCUT2D eigenvalue weighted by atomic mass is 10.1. The van der Waals surface area contributed by atoms with Gasteiger partial charge < -0.3 is 9.67 Å². The highest BCUT2D eigenvalue weighted by Crippen LogP contribution is 2.13. The van der Waals surface area contributed by atoms with Crippen LogP contribution in [0.2, 0.25) is 0 Å². The van der Waals surface area contributed by atoms with E-state index in [9.17, 15) is 9.59 Å². The Labute approximate surface area is 134 Å². The minimum absolute atomic E-state index is 0.201. The molecule has 0 atom stereocenters. The van der Waals surface area contributed by atoms with Crippen molar-refractivity contribution in [1.29, 1.82) is 0 Å². The van der Waals surface area contributed by atoms with Gasteiger partial charge >= 0.3 is 5.97 Å². The summed E-state index contributed by atoms with van der Waals surface area (Å²) < 4.78 is 2.12. The predicted octanol–water partition coefficient (Wildman–Crippen LogP) is 2.91. The maximum Gasteiger partial charge on any atom is 0.335 e. The molecule has 0 saturated carbocycles. The molecule has 110 valence electrons. The minimum atomic E-state index is -0.988. The number of carboxylic acid groups (broad SMARTS) is 1. The van der Waals surface area contributed by atoms with E-state index in [1.54, 1.807) is 30.5 Å². The number of halogens is 1. The maximum atomic E-state index is 12.5. The molecule has 0 unspecified atom stereocenters. The molecule has 1 N–H and O–H groups in total. The van der Waals surface area contributed by atoms with Crippen molar-refractivity contribution in [3.8, 4) is 0 Å². The summed E-state index contributed by atoms with van der Waals surface area (Å²) in [7, 11) is 0. The summed E-state index contributed by atoms with van der Waals surface area (Å²) in [5.74, 6) is -0.988. The number of hydrogen-bond acceptors (Lipinski definition) is 3. The number of carbonyl (C=O) groups is 1. The van der Waals surface area contributed by atoms with Crippen LogP contribution in [0, 0.1) is 0 Å². The summed E-state index contributed by atoms with van der Waals surface area (Å²) in [5.41, 5.74) is 1.12. The Balaban J connectivity index is 2.04. The fourth-order valence-electron chi connectivity index (χ4n) is 2.25. The van der Waals surface area contributed by atoms with Crippen LogP contribution in [0.5, 0.6) is 0 Å². The Morgan fingerprint density at radius 1 is 1.23 bits per heavy atom. The lowest BCUT2D eigenvalue weighted by molar-refractivity contribution is 0.0696. The largest absolute Gasteiger partial charge is 0.478 e. The average molecular weight is 359 g/mol. The number of aromatic nitrogens is 2. The second-order valence-electron chi connectivity index (χ2n) is 4.83. The third-order valence-corrected chi connectivity index (χ3v) is 3.76. The van der Waals surface area contributed by atoms with E-state index in [0.29, 0.717) is 16.7 Å². The topological polar surface area (TPSA) is 72.2 Å². The highest BCUT2D eigenvalue weighted by molar-refractivity contribution is 9.10. The van der Waals surface area contributed by atoms with Crippen LogP contribution in [0.25, 0.3) is 10.9 Å². The molecule has 3 aromatic rings. The SMILES string of the molecule is O=C(O)c1cccc(Cn2ccc3ccc(Br)nc3c2=O)c1. The van der Waals surface area contributed by atoms with Crippen LogP contribution in [0.1, 0.15) is 15.9 Å². The Hall–Kier alpha value is -2.47. The van der Waals surface area contributed by atoms with E-state index in [-0.39, 0.29) is 11.1 Å². The van der Waals surface area contributed by atoms with Gasteiger partial charge in [0.05, 0.1) is 12.1 Å². The van der Waals surface area contributed by atoms with Gasteiger partial charge in [-0.1, -0.05) is 12.1 Å². The molecular weight excluding hydrogens is 348 g/mol. The zero-order valence-electron chi connectivity index (χ0n) is 11.4. The minimum Gasteiger partial charge on any atom is -0.478 e. The number of carboxylic acids is 1. The molecular formula is C16H11BrN2O3. The summed E-state index contributed by atoms with van der Waals surface area (Å²) in [5, 5.41) is 9.79. The van der Waals surface area contributed by atoms with Crippen molar-refractivity contribution < 1.29 is 9.90 Å². The van der Waals surface area contributed by atoms with Crippen LogP contribution in [0.15, 0.2) is 58.1 Å². The number of hydrogen-bond donors (Lipinski definition) is 1. The molecule has 22 heavy (non-hydrogen) atoms. The quantitative estimate of drug-likeness (QED) is 0.730. The van der Waals surface area contributed by atoms with E-state index in [1.807, 2.05) is 12.1 Å². The van der Waals surface area contributed by atoms with E-state index < -0.39 is 5.97 Å². The van der Waals surface area contributed by atoms with Crippen molar-refractivity contribution in [2.75, 3.05) is 0 Å². The first-order chi connectivity index (χ1) is 10.5. The number of rotatable bonds is 3. The zero-order valence-corrected chi connectivity index (χ0v) is 12.9. The molecule has 0 aliphatic rings. The zero-order chi connectivity index (χ0) is 15.7. The summed E-state index contributed by atoms with van der Waals surface area (Å²) in [6.07, 6.45) is 1.69. The number of benzene rings is 1. The third-order valence-electron chi connectivity index (χ3n) is 3.32. The van der Waals surface area contributed by atoms with Gasteiger partial charge in [-0.3, -0.25) is 4.79 Å². The van der Waals surface area contributed by atoms with E-state index in [0.717, 1.165) is 10.9 Å². The highest BCUT2D eigenvalue weighted by atomic mass is 79.9. The number of pyridine rings is 2. The van der Waals surface area contributed by atoms with Gasteiger partial charge in [-0.25, -0.2) is 9.78 Å². The molecule has 2 aromatic heterocycles. The van der Waals surface area contributed by atoms with Crippen LogP contribution in [-0.4, -0.2) is 20.6 Å². The van der Waals surface area contributed by atoms with Crippen molar-refractivity contribution in [1.82, 2.24) is 9.55 Å². The van der Waals surface area contributed by atoms with Gasteiger partial charge in [0.2, 0.25) is 0 Å². The molecule has 3 rings (SSSR count). The first kappa shape index (κ1) is 14.5. The fourth-order valence-corrected chi connectivity index (χ4v) is 2.56. The summed E-state index contributed by atoms with van der Waals surface area (Å²) in [6.45, 7) is 0.296. The van der Waals surface area contributed by atoms with Gasteiger partial charge in [-0.05, 0) is 51.8 Å². The second-order valence-corrected chi connectivity index (χ2v) is 5.64. The summed E-state index contributed by atoms with van der Waals surface area (Å²) in [6, 6.07) is 12.0. The van der Waals surface area contributed by atoms with Crippen molar-refractivity contribution in [3.05, 3.63) is 74.7 Å². The molecule has 0 radical (unpaired) electrons. The van der Waals surface area contributed by atoms with E-state index in [2.05, 4.69) is 20.9 Å². The molecule has 5 nitrogen and oxygen atoms in total. The lowest BCUT2D eigenvalue weighted by Crippen LogP contribution is -2.21. The van der Waals surface area contributed by atoms with E-state index in [4.69, 9.17) is 5.11 Å². The third kappa shape index (κ3) is 2.78. The monoisotopic (exact) mass is 358 g/mol. The molecule has 6 heteroatoms. The molecule has 0 fully saturated rings. The standard InChI is InChI=1S/C16H11BrN2O3/c17-13-5-4-11-6-7-19(15(20)14(11)18-13)9-10-2-1-3-12(8-10)16(21)22/h1-8H,9H2,(H,21,22). The van der Waals surface area contributed by atoms with Gasteiger partial charge in [0.1, 0.15) is 10.1 Å². The molecule has 1 aromatic carbocycles. The Morgan fingerprint density at radius 2 is 2.05 bits per heavy atom. The van der Waals surface area contributed by atoms with Crippen LogP contribution >= 0.6 is 15.9 Å². The lowest BCUT2D eigenvalue weighted by Gasteiger charge is -2.08. The molecule has 0 saturated heterocycles. The van der Waals surface area contributed by atoms with Gasteiger partial charge in [0, 0.05) is 11.6 Å². The van der Waals surface area contributed by atoms with Crippen molar-refractivity contribution in [3.63, 3.8) is 0 Å².